The van der Waals surface area contributed by atoms with Crippen LogP contribution in [0.5, 0.6) is 0 Å². The number of hydrogen-bond donors (Lipinski definition) is 1. The third-order valence-electron chi connectivity index (χ3n) is 2.87. The van der Waals surface area contributed by atoms with Crippen LogP contribution in [0.3, 0.4) is 0 Å². The van der Waals surface area contributed by atoms with E-state index in [9.17, 15) is 13.5 Å². The van der Waals surface area contributed by atoms with Crippen LogP contribution in [0.15, 0.2) is 32.0 Å². The van der Waals surface area contributed by atoms with E-state index in [2.05, 4.69) is 31.9 Å². The summed E-state index contributed by atoms with van der Waals surface area (Å²) >= 11 is 6.53. The van der Waals surface area contributed by atoms with Gasteiger partial charge in [-0.15, -0.1) is 0 Å². The fourth-order valence-corrected chi connectivity index (χ4v) is 4.93. The van der Waals surface area contributed by atoms with Crippen LogP contribution in [0.25, 0.3) is 0 Å². The molecule has 0 saturated carbocycles. The molecule has 2 rings (SSSR count). The zero-order valence-electron chi connectivity index (χ0n) is 9.51. The molecule has 1 heterocycles. The fraction of sp³-hybridized carbons (Fsp3) is 0.455. The lowest BCUT2D eigenvalue weighted by atomic mass is 10.1. The van der Waals surface area contributed by atoms with Crippen LogP contribution in [-0.4, -0.2) is 37.0 Å². The molecule has 1 aliphatic heterocycles. The van der Waals surface area contributed by atoms with Gasteiger partial charge in [0, 0.05) is 22.0 Å². The van der Waals surface area contributed by atoms with E-state index in [-0.39, 0.29) is 11.4 Å². The molecule has 1 aromatic rings. The van der Waals surface area contributed by atoms with E-state index in [1.54, 1.807) is 18.2 Å². The van der Waals surface area contributed by atoms with Crippen molar-refractivity contribution in [1.82, 2.24) is 4.31 Å². The summed E-state index contributed by atoms with van der Waals surface area (Å²) in [5.74, 6) is 0. The Labute approximate surface area is 123 Å². The number of piperidine rings is 1. The molecule has 0 bridgehead atoms. The third-order valence-corrected chi connectivity index (χ3v) is 6.22. The zero-order valence-corrected chi connectivity index (χ0v) is 13.5. The predicted molar refractivity (Wildman–Crippen MR) is 75.8 cm³/mol. The summed E-state index contributed by atoms with van der Waals surface area (Å²) in [4.78, 5) is 0.228. The van der Waals surface area contributed by atoms with E-state index in [1.807, 2.05) is 0 Å². The van der Waals surface area contributed by atoms with Crippen molar-refractivity contribution in [3.63, 3.8) is 0 Å². The minimum Gasteiger partial charge on any atom is -0.392 e. The highest BCUT2D eigenvalue weighted by Gasteiger charge is 2.30. The molecule has 0 spiro atoms. The van der Waals surface area contributed by atoms with Crippen LogP contribution in [0.1, 0.15) is 12.8 Å². The van der Waals surface area contributed by atoms with Crippen molar-refractivity contribution in [2.45, 2.75) is 23.8 Å². The van der Waals surface area contributed by atoms with E-state index in [1.165, 1.54) is 4.31 Å². The highest BCUT2D eigenvalue weighted by molar-refractivity contribution is 9.11. The molecule has 0 amide bonds. The Kier molecular flexibility index (Phi) is 4.48. The lowest BCUT2D eigenvalue weighted by molar-refractivity contribution is 0.108. The average Bonchev–Trinajstić information content (AvgIpc) is 2.32. The first-order valence-electron chi connectivity index (χ1n) is 5.54. The zero-order chi connectivity index (χ0) is 13.3. The summed E-state index contributed by atoms with van der Waals surface area (Å²) in [6, 6.07) is 5.03. The Morgan fingerprint density at radius 3 is 2.72 bits per heavy atom. The third kappa shape index (κ3) is 2.96. The molecule has 0 radical (unpaired) electrons. The Morgan fingerprint density at radius 2 is 2.06 bits per heavy atom. The Morgan fingerprint density at radius 1 is 1.33 bits per heavy atom. The van der Waals surface area contributed by atoms with Crippen molar-refractivity contribution in [2.24, 2.45) is 0 Å². The second-order valence-corrected chi connectivity index (χ2v) is 7.91. The molecule has 1 N–H and O–H groups in total. The van der Waals surface area contributed by atoms with Gasteiger partial charge in [-0.2, -0.15) is 4.31 Å². The molecule has 1 fully saturated rings. The van der Waals surface area contributed by atoms with E-state index in [0.717, 1.165) is 0 Å². The van der Waals surface area contributed by atoms with Gasteiger partial charge < -0.3 is 5.11 Å². The molecule has 1 atom stereocenters. The monoisotopic (exact) mass is 397 g/mol. The van der Waals surface area contributed by atoms with Crippen LogP contribution in [0, 0.1) is 0 Å². The summed E-state index contributed by atoms with van der Waals surface area (Å²) in [6.45, 7) is 0.625. The van der Waals surface area contributed by atoms with Gasteiger partial charge in [-0.3, -0.25) is 0 Å². The van der Waals surface area contributed by atoms with Gasteiger partial charge in [0.2, 0.25) is 10.0 Å². The molecule has 100 valence electrons. The normalized spacial score (nSPS) is 22.1. The Bertz CT molecular complexity index is 547. The van der Waals surface area contributed by atoms with Gasteiger partial charge in [-0.1, -0.05) is 15.9 Å². The molecule has 7 heteroatoms. The molecule has 1 aromatic carbocycles. The number of rotatable bonds is 2. The summed E-state index contributed by atoms with van der Waals surface area (Å²) in [5.41, 5.74) is 0. The predicted octanol–water partition coefficient (Wildman–Crippen LogP) is 2.36. The molecule has 18 heavy (non-hydrogen) atoms. The van der Waals surface area contributed by atoms with Crippen LogP contribution in [0.2, 0.25) is 0 Å². The van der Waals surface area contributed by atoms with Crippen molar-refractivity contribution in [1.29, 1.82) is 0 Å². The molecular formula is C11H13Br2NO3S. The molecule has 1 aliphatic rings. The number of halogens is 2. The quantitative estimate of drug-likeness (QED) is 0.831. The first-order chi connectivity index (χ1) is 8.41. The number of aliphatic hydroxyl groups is 1. The maximum Gasteiger partial charge on any atom is 0.244 e. The maximum absolute atomic E-state index is 12.5. The number of nitrogens with zero attached hydrogens (tertiary/aromatic N) is 1. The van der Waals surface area contributed by atoms with Gasteiger partial charge in [0.25, 0.3) is 0 Å². The van der Waals surface area contributed by atoms with Gasteiger partial charge in [-0.05, 0) is 47.0 Å². The number of benzene rings is 1. The molecule has 4 nitrogen and oxygen atoms in total. The standard InChI is InChI=1S/C11H13Br2NO3S/c12-8-3-4-10(13)11(6-8)18(16,17)14-5-1-2-9(15)7-14/h3-4,6,9,15H,1-2,5,7H2. The lowest BCUT2D eigenvalue weighted by Gasteiger charge is -2.29. The highest BCUT2D eigenvalue weighted by atomic mass is 79.9. The number of β-amino-alcohol motifs (C(OH)–C–C–N with tert-alkyl or cyclic N) is 1. The van der Waals surface area contributed by atoms with Crippen molar-refractivity contribution in [2.75, 3.05) is 13.1 Å². The highest BCUT2D eigenvalue weighted by Crippen LogP contribution is 2.29. The lowest BCUT2D eigenvalue weighted by Crippen LogP contribution is -2.42. The van der Waals surface area contributed by atoms with Gasteiger partial charge in [0.1, 0.15) is 0 Å². The first-order valence-corrected chi connectivity index (χ1v) is 8.57. The van der Waals surface area contributed by atoms with Crippen LogP contribution in [-0.2, 0) is 10.0 Å². The Hall–Kier alpha value is 0.0500. The minimum atomic E-state index is -3.55. The molecule has 0 aromatic heterocycles. The van der Waals surface area contributed by atoms with Gasteiger partial charge in [0.05, 0.1) is 11.0 Å². The molecular weight excluding hydrogens is 386 g/mol. The Balaban J connectivity index is 2.38. The summed E-state index contributed by atoms with van der Waals surface area (Å²) < 4.78 is 27.5. The summed E-state index contributed by atoms with van der Waals surface area (Å²) in [5, 5.41) is 9.59. The van der Waals surface area contributed by atoms with Gasteiger partial charge in [0.15, 0.2) is 0 Å². The van der Waals surface area contributed by atoms with Crippen LogP contribution >= 0.6 is 31.9 Å². The van der Waals surface area contributed by atoms with Crippen molar-refractivity contribution in [3.05, 3.63) is 27.1 Å². The SMILES string of the molecule is O=S(=O)(c1cc(Br)ccc1Br)N1CCCC(O)C1. The van der Waals surface area contributed by atoms with Gasteiger partial charge in [-0.25, -0.2) is 8.42 Å². The van der Waals surface area contributed by atoms with Gasteiger partial charge >= 0.3 is 0 Å². The first kappa shape index (κ1) is 14.5. The van der Waals surface area contributed by atoms with Crippen molar-refractivity contribution < 1.29 is 13.5 Å². The average molecular weight is 399 g/mol. The van der Waals surface area contributed by atoms with E-state index in [0.29, 0.717) is 28.3 Å². The number of sulfonamides is 1. The van der Waals surface area contributed by atoms with E-state index >= 15 is 0 Å². The fourth-order valence-electron chi connectivity index (χ4n) is 1.95. The number of hydrogen-bond acceptors (Lipinski definition) is 3. The van der Waals surface area contributed by atoms with Crippen LogP contribution < -0.4 is 0 Å². The second kappa shape index (κ2) is 5.58. The smallest absolute Gasteiger partial charge is 0.244 e. The topological polar surface area (TPSA) is 57.6 Å². The van der Waals surface area contributed by atoms with Crippen molar-refractivity contribution >= 4 is 41.9 Å². The summed E-state index contributed by atoms with van der Waals surface area (Å²) in [7, 11) is -3.55. The van der Waals surface area contributed by atoms with Crippen LogP contribution in [0.4, 0.5) is 0 Å². The second-order valence-electron chi connectivity index (χ2n) is 4.23. The van der Waals surface area contributed by atoms with E-state index < -0.39 is 16.1 Å². The number of aliphatic hydroxyl groups excluding tert-OH is 1. The maximum atomic E-state index is 12.5. The minimum absolute atomic E-state index is 0.168. The summed E-state index contributed by atoms with van der Waals surface area (Å²) in [6.07, 6.45) is 0.775. The van der Waals surface area contributed by atoms with E-state index in [4.69, 9.17) is 0 Å². The largest absolute Gasteiger partial charge is 0.392 e. The van der Waals surface area contributed by atoms with Crippen molar-refractivity contribution in [3.8, 4) is 0 Å². The molecule has 1 saturated heterocycles. The molecule has 1 unspecified atom stereocenters. The molecule has 0 aliphatic carbocycles.